The predicted molar refractivity (Wildman–Crippen MR) is 56.0 cm³/mol. The zero-order chi connectivity index (χ0) is 10.1. The molecular weight excluding hydrogens is 203 g/mol. The first kappa shape index (κ1) is 9.74. The van der Waals surface area contributed by atoms with Gasteiger partial charge in [0, 0.05) is 6.54 Å². The lowest BCUT2D eigenvalue weighted by molar-refractivity contribution is 0.610. The van der Waals surface area contributed by atoms with Crippen molar-refractivity contribution in [3.8, 4) is 0 Å². The van der Waals surface area contributed by atoms with Crippen LogP contribution in [0, 0.1) is 5.82 Å². The van der Waals surface area contributed by atoms with Crippen LogP contribution in [-0.2, 0) is 0 Å². The van der Waals surface area contributed by atoms with Gasteiger partial charge in [-0.15, -0.1) is 0 Å². The van der Waals surface area contributed by atoms with E-state index in [4.69, 9.17) is 17.3 Å². The van der Waals surface area contributed by atoms with Crippen LogP contribution < -0.4 is 10.6 Å². The lowest BCUT2D eigenvalue weighted by atomic mass is 10.2. The van der Waals surface area contributed by atoms with Gasteiger partial charge in [0.15, 0.2) is 5.82 Å². The van der Waals surface area contributed by atoms with Crippen LogP contribution in [0.25, 0.3) is 0 Å². The molecule has 1 heterocycles. The summed E-state index contributed by atoms with van der Waals surface area (Å²) >= 11 is 5.70. The molecule has 1 aromatic carbocycles. The molecule has 4 heteroatoms. The van der Waals surface area contributed by atoms with Gasteiger partial charge in [-0.1, -0.05) is 17.7 Å². The molecule has 0 saturated carbocycles. The second-order valence-electron chi connectivity index (χ2n) is 3.48. The van der Waals surface area contributed by atoms with Crippen molar-refractivity contribution >= 4 is 17.3 Å². The average Bonchev–Trinajstić information content (AvgIpc) is 2.57. The highest BCUT2D eigenvalue weighted by molar-refractivity contribution is 6.31. The Labute approximate surface area is 87.5 Å². The Kier molecular flexibility index (Phi) is 2.61. The predicted octanol–water partition coefficient (Wildman–Crippen LogP) is 2.36. The Balaban J connectivity index is 2.36. The third kappa shape index (κ3) is 1.57. The maximum absolute atomic E-state index is 13.6. The van der Waals surface area contributed by atoms with Crippen LogP contribution in [0.2, 0.25) is 5.02 Å². The van der Waals surface area contributed by atoms with Crippen molar-refractivity contribution in [2.45, 2.75) is 19.0 Å². The Morgan fingerprint density at radius 2 is 2.29 bits per heavy atom. The quantitative estimate of drug-likeness (QED) is 0.778. The van der Waals surface area contributed by atoms with E-state index < -0.39 is 0 Å². The third-order valence-electron chi connectivity index (χ3n) is 2.54. The van der Waals surface area contributed by atoms with Crippen molar-refractivity contribution in [3.05, 3.63) is 29.0 Å². The molecule has 76 valence electrons. The first-order chi connectivity index (χ1) is 6.70. The van der Waals surface area contributed by atoms with E-state index in [0.717, 1.165) is 19.4 Å². The van der Waals surface area contributed by atoms with E-state index in [2.05, 4.69) is 0 Å². The van der Waals surface area contributed by atoms with Gasteiger partial charge in [0.2, 0.25) is 0 Å². The second-order valence-corrected chi connectivity index (χ2v) is 3.88. The van der Waals surface area contributed by atoms with Crippen LogP contribution in [0.1, 0.15) is 12.8 Å². The van der Waals surface area contributed by atoms with Gasteiger partial charge in [0.05, 0.1) is 16.9 Å². The molecule has 1 aliphatic heterocycles. The minimum atomic E-state index is -0.369. The van der Waals surface area contributed by atoms with Gasteiger partial charge in [-0.05, 0) is 25.0 Å². The standard InChI is InChI=1S/C10H12ClFN2/c11-7-3-1-4-8(10(7)12)14-6-2-5-9(14)13/h1,3-4,9H,2,5-6,13H2. The Bertz CT molecular complexity index is 343. The summed E-state index contributed by atoms with van der Waals surface area (Å²) in [7, 11) is 0. The fourth-order valence-electron chi connectivity index (χ4n) is 1.81. The summed E-state index contributed by atoms with van der Waals surface area (Å²) in [6, 6.07) is 5.00. The SMILES string of the molecule is NC1CCCN1c1cccc(Cl)c1F. The number of nitrogens with two attached hydrogens (primary N) is 1. The van der Waals surface area contributed by atoms with E-state index >= 15 is 0 Å². The van der Waals surface area contributed by atoms with Crippen molar-refractivity contribution in [1.29, 1.82) is 0 Å². The lowest BCUT2D eigenvalue weighted by Gasteiger charge is -2.24. The van der Waals surface area contributed by atoms with E-state index in [1.807, 2.05) is 4.90 Å². The molecule has 1 fully saturated rings. The first-order valence-corrected chi connectivity index (χ1v) is 5.04. The minimum absolute atomic E-state index is 0.0806. The summed E-state index contributed by atoms with van der Waals surface area (Å²) in [5.41, 5.74) is 6.36. The largest absolute Gasteiger partial charge is 0.354 e. The van der Waals surface area contributed by atoms with E-state index in [0.29, 0.717) is 5.69 Å². The van der Waals surface area contributed by atoms with Crippen molar-refractivity contribution in [2.75, 3.05) is 11.4 Å². The van der Waals surface area contributed by atoms with Crippen LogP contribution in [0.3, 0.4) is 0 Å². The molecule has 2 N–H and O–H groups in total. The van der Waals surface area contributed by atoms with Crippen molar-refractivity contribution in [3.63, 3.8) is 0 Å². The van der Waals surface area contributed by atoms with Gasteiger partial charge in [-0.25, -0.2) is 4.39 Å². The van der Waals surface area contributed by atoms with Crippen LogP contribution in [0.4, 0.5) is 10.1 Å². The maximum atomic E-state index is 13.6. The summed E-state index contributed by atoms with van der Waals surface area (Å²) in [5.74, 6) is -0.369. The highest BCUT2D eigenvalue weighted by Crippen LogP contribution is 2.29. The van der Waals surface area contributed by atoms with Crippen molar-refractivity contribution in [1.82, 2.24) is 0 Å². The van der Waals surface area contributed by atoms with Gasteiger partial charge in [-0.2, -0.15) is 0 Å². The molecule has 0 radical (unpaired) electrons. The van der Waals surface area contributed by atoms with E-state index in [1.54, 1.807) is 18.2 Å². The molecule has 2 rings (SSSR count). The third-order valence-corrected chi connectivity index (χ3v) is 2.83. The Hall–Kier alpha value is -0.800. The van der Waals surface area contributed by atoms with Crippen LogP contribution >= 0.6 is 11.6 Å². The van der Waals surface area contributed by atoms with Gasteiger partial charge >= 0.3 is 0 Å². The van der Waals surface area contributed by atoms with Crippen molar-refractivity contribution in [2.24, 2.45) is 5.73 Å². The van der Waals surface area contributed by atoms with E-state index in [1.165, 1.54) is 0 Å². The summed E-state index contributed by atoms with van der Waals surface area (Å²) < 4.78 is 13.6. The normalized spacial score (nSPS) is 21.6. The van der Waals surface area contributed by atoms with Gasteiger partial charge in [-0.3, -0.25) is 0 Å². The van der Waals surface area contributed by atoms with E-state index in [9.17, 15) is 4.39 Å². The molecule has 1 aromatic rings. The molecule has 0 aromatic heterocycles. The fourth-order valence-corrected chi connectivity index (χ4v) is 1.98. The molecule has 0 spiro atoms. The minimum Gasteiger partial charge on any atom is -0.354 e. The topological polar surface area (TPSA) is 29.3 Å². The smallest absolute Gasteiger partial charge is 0.165 e. The summed E-state index contributed by atoms with van der Waals surface area (Å²) in [6.45, 7) is 0.804. The first-order valence-electron chi connectivity index (χ1n) is 4.66. The number of benzene rings is 1. The molecule has 1 aliphatic rings. The monoisotopic (exact) mass is 214 g/mol. The molecule has 14 heavy (non-hydrogen) atoms. The summed E-state index contributed by atoms with van der Waals surface area (Å²) in [6.07, 6.45) is 1.84. The number of hydrogen-bond acceptors (Lipinski definition) is 2. The number of anilines is 1. The highest BCUT2D eigenvalue weighted by atomic mass is 35.5. The fraction of sp³-hybridized carbons (Fsp3) is 0.400. The van der Waals surface area contributed by atoms with Gasteiger partial charge in [0.25, 0.3) is 0 Å². The number of nitrogens with zero attached hydrogens (tertiary/aromatic N) is 1. The Morgan fingerprint density at radius 3 is 2.93 bits per heavy atom. The number of rotatable bonds is 1. The van der Waals surface area contributed by atoms with Crippen LogP contribution in [-0.4, -0.2) is 12.7 Å². The van der Waals surface area contributed by atoms with Crippen LogP contribution in [0.15, 0.2) is 18.2 Å². The average molecular weight is 215 g/mol. The summed E-state index contributed by atoms with van der Waals surface area (Å²) in [4.78, 5) is 1.86. The zero-order valence-corrected chi connectivity index (χ0v) is 8.47. The van der Waals surface area contributed by atoms with E-state index in [-0.39, 0.29) is 17.0 Å². The number of hydrogen-bond donors (Lipinski definition) is 1. The molecule has 1 atom stereocenters. The summed E-state index contributed by atoms with van der Waals surface area (Å²) in [5, 5.41) is 0.154. The highest BCUT2D eigenvalue weighted by Gasteiger charge is 2.23. The molecule has 0 bridgehead atoms. The number of halogens is 2. The second kappa shape index (κ2) is 3.75. The Morgan fingerprint density at radius 1 is 1.50 bits per heavy atom. The molecule has 0 aliphatic carbocycles. The molecule has 1 saturated heterocycles. The molecule has 0 amide bonds. The maximum Gasteiger partial charge on any atom is 0.165 e. The van der Waals surface area contributed by atoms with Gasteiger partial charge < -0.3 is 10.6 Å². The molecular formula is C10H12ClFN2. The lowest BCUT2D eigenvalue weighted by Crippen LogP contribution is -2.36. The molecule has 1 unspecified atom stereocenters. The van der Waals surface area contributed by atoms with Crippen LogP contribution in [0.5, 0.6) is 0 Å². The molecule has 2 nitrogen and oxygen atoms in total. The van der Waals surface area contributed by atoms with Gasteiger partial charge in [0.1, 0.15) is 0 Å². The zero-order valence-electron chi connectivity index (χ0n) is 7.71. The van der Waals surface area contributed by atoms with Crippen molar-refractivity contribution < 1.29 is 4.39 Å².